The summed E-state index contributed by atoms with van der Waals surface area (Å²) >= 11 is 3.65. The predicted octanol–water partition coefficient (Wildman–Crippen LogP) is 28.6. The van der Waals surface area contributed by atoms with Gasteiger partial charge in [-0.25, -0.2) is 9.97 Å². The minimum Gasteiger partial charge on any atom is -0.456 e. The molecule has 8 heterocycles. The first-order valence-corrected chi connectivity index (χ1v) is 38.4. The van der Waals surface area contributed by atoms with Crippen molar-refractivity contribution in [2.24, 2.45) is 0 Å². The average molecular weight is 1450 g/mol. The molecule has 0 amide bonds. The van der Waals surface area contributed by atoms with E-state index in [-0.39, 0.29) is 0 Å². The molecule has 0 saturated carbocycles. The molecule has 0 aliphatic heterocycles. The van der Waals surface area contributed by atoms with E-state index in [0.717, 1.165) is 150 Å². The van der Waals surface area contributed by atoms with E-state index in [2.05, 4.69) is 316 Å². The summed E-state index contributed by atoms with van der Waals surface area (Å²) in [5, 5.41) is 13.4. The number of aromatic nitrogens is 4. The van der Waals surface area contributed by atoms with Crippen molar-refractivity contribution in [2.75, 3.05) is 9.80 Å². The van der Waals surface area contributed by atoms with Crippen molar-refractivity contribution in [3.63, 3.8) is 0 Å². The van der Waals surface area contributed by atoms with Gasteiger partial charge in [0.2, 0.25) is 11.8 Å². The molecule has 0 aliphatic rings. The third-order valence-corrected chi connectivity index (χ3v) is 24.5. The molecule has 0 aliphatic carbocycles. The first-order valence-electron chi connectivity index (χ1n) is 36.8. The number of para-hydroxylation sites is 5. The number of hydrogen-bond acceptors (Lipinski definition) is 10. The van der Waals surface area contributed by atoms with Crippen LogP contribution in [0, 0.1) is 0 Å². The number of rotatable bonds is 11. The van der Waals surface area contributed by atoms with E-state index in [4.69, 9.17) is 27.6 Å². The van der Waals surface area contributed by atoms with Crippen LogP contribution < -0.4 is 9.80 Å². The van der Waals surface area contributed by atoms with E-state index < -0.39 is 0 Å². The second-order valence-corrected chi connectivity index (χ2v) is 30.4. The fourth-order valence-electron chi connectivity index (χ4n) is 17.1. The third kappa shape index (κ3) is 9.27. The third-order valence-electron chi connectivity index (χ3n) is 22.1. The molecule has 24 aromatic rings. The molecule has 110 heavy (non-hydrogen) atoms. The van der Waals surface area contributed by atoms with Crippen LogP contribution in [-0.4, -0.2) is 19.1 Å². The highest BCUT2D eigenvalue weighted by Gasteiger charge is 2.28. The molecule has 514 valence electrons. The number of oxazole rings is 2. The zero-order valence-corrected chi connectivity index (χ0v) is 60.1. The Morgan fingerprint density at radius 1 is 0.245 bits per heavy atom. The van der Waals surface area contributed by atoms with Crippen LogP contribution in [0.4, 0.5) is 34.1 Å². The van der Waals surface area contributed by atoms with Crippen molar-refractivity contribution in [1.29, 1.82) is 0 Å². The van der Waals surface area contributed by atoms with Crippen molar-refractivity contribution < 1.29 is 17.7 Å². The fourth-order valence-corrected chi connectivity index (χ4v) is 19.5. The largest absolute Gasteiger partial charge is 0.456 e. The van der Waals surface area contributed by atoms with E-state index in [1.54, 1.807) is 0 Å². The van der Waals surface area contributed by atoms with Gasteiger partial charge < -0.3 is 36.6 Å². The van der Waals surface area contributed by atoms with Crippen molar-refractivity contribution in [1.82, 2.24) is 19.1 Å². The van der Waals surface area contributed by atoms with Crippen LogP contribution in [-0.2, 0) is 0 Å². The van der Waals surface area contributed by atoms with Crippen molar-refractivity contribution in [2.45, 2.75) is 0 Å². The van der Waals surface area contributed by atoms with E-state index in [1.807, 2.05) is 65.1 Å². The molecule has 0 N–H and O–H groups in total. The van der Waals surface area contributed by atoms with Crippen LogP contribution in [0.5, 0.6) is 0 Å². The molecule has 0 spiro atoms. The maximum Gasteiger partial charge on any atom is 0.227 e. The lowest BCUT2D eigenvalue weighted by atomic mass is 10.0. The van der Waals surface area contributed by atoms with Gasteiger partial charge in [0.15, 0.2) is 11.2 Å². The van der Waals surface area contributed by atoms with Gasteiger partial charge in [0.25, 0.3) is 0 Å². The lowest BCUT2D eigenvalue weighted by Gasteiger charge is -2.27. The SMILES string of the molecule is c1ccc(-c2nc3cc4oc5ccc(N(c6ccc7c(c6)c6ccccc6n7-c6ccccc6)c6cccc7c6sc6ccc(-c8ccc(-c9nc%10cc%11c(cc%10o9)oc9ccc(N(c%10cccc%12c%10sc%10ccccc%10%12)c%10cccc%12c%13ccccc%13n(-c%13ccccc%13)c%10%12)cc9%11)cc8)cc67)cc5c4cc3o2)cc1. The molecule has 0 fully saturated rings. The summed E-state index contributed by atoms with van der Waals surface area (Å²) in [7, 11) is 0. The number of thiophene rings is 2. The van der Waals surface area contributed by atoms with Gasteiger partial charge in [-0.3, -0.25) is 0 Å². The topological polar surface area (TPSA) is 94.7 Å². The van der Waals surface area contributed by atoms with Crippen LogP contribution in [0.25, 0.3) is 195 Å². The number of anilines is 6. The van der Waals surface area contributed by atoms with Gasteiger partial charge in [0, 0.05) is 126 Å². The second-order valence-electron chi connectivity index (χ2n) is 28.3. The molecule has 0 bridgehead atoms. The maximum absolute atomic E-state index is 6.76. The molecule has 0 radical (unpaired) electrons. The molecule has 0 saturated heterocycles. The van der Waals surface area contributed by atoms with Crippen molar-refractivity contribution >= 4 is 207 Å². The van der Waals surface area contributed by atoms with Crippen LogP contribution in [0.2, 0.25) is 0 Å². The minimum absolute atomic E-state index is 0.538. The maximum atomic E-state index is 6.76. The summed E-state index contributed by atoms with van der Waals surface area (Å²) in [6.45, 7) is 0. The molecule has 12 heteroatoms. The number of hydrogen-bond donors (Lipinski definition) is 0. The summed E-state index contributed by atoms with van der Waals surface area (Å²) in [5.41, 5.74) is 22.9. The normalized spacial score (nSPS) is 12.2. The minimum atomic E-state index is 0.538. The summed E-state index contributed by atoms with van der Waals surface area (Å²) in [6.07, 6.45) is 0. The van der Waals surface area contributed by atoms with Gasteiger partial charge in [-0.05, 0) is 175 Å². The van der Waals surface area contributed by atoms with Gasteiger partial charge in [-0.1, -0.05) is 164 Å². The standard InChI is InChI=1S/C98H56N6O4S2/c1-4-19-58(20-5-1)97-100-79-55-88-76(54-90(79)107-97)74-51-64(43-46-87(74)105-88)101(63-42-45-82-72(50-63)67-26-11-13-31-80(67)102(82)61-21-6-2-7-22-61)84-34-18-30-71-77-49-60(41-48-93(77)110-96(71)84)57-37-39-59(40-38-57)98-99-78-53-75-73-52-65(44-47-86(73)106-89(75)56-91(78)108-98)103(85-35-17-29-70-68-27-12-15-36-92(68)109-95(70)85)83-33-16-28-69-66-25-10-14-32-81(66)104(94(69)83)62-23-8-3-9-24-62/h1-56H. The Morgan fingerprint density at radius 2 is 0.709 bits per heavy atom. The summed E-state index contributed by atoms with van der Waals surface area (Å²) in [6, 6.07) is 121. The molecule has 8 aromatic heterocycles. The molecular formula is C98H56N6O4S2. The Hall–Kier alpha value is -14.3. The predicted molar refractivity (Wildman–Crippen MR) is 456 cm³/mol. The van der Waals surface area contributed by atoms with Gasteiger partial charge in [0.05, 0.1) is 48.5 Å². The summed E-state index contributed by atoms with van der Waals surface area (Å²) in [4.78, 5) is 15.0. The van der Waals surface area contributed by atoms with Crippen LogP contribution in [0.15, 0.2) is 357 Å². The Bertz CT molecular complexity index is 7940. The Labute approximate surface area is 634 Å². The van der Waals surface area contributed by atoms with Crippen LogP contribution >= 0.6 is 22.7 Å². The number of benzene rings is 16. The quantitative estimate of drug-likeness (QED) is 0.126. The molecule has 0 atom stereocenters. The number of nitrogens with zero attached hydrogens (tertiary/aromatic N) is 6. The van der Waals surface area contributed by atoms with Crippen molar-refractivity contribution in [3.05, 3.63) is 340 Å². The van der Waals surface area contributed by atoms with Crippen LogP contribution in [0.3, 0.4) is 0 Å². The highest BCUT2D eigenvalue weighted by molar-refractivity contribution is 7.26. The lowest BCUT2D eigenvalue weighted by Crippen LogP contribution is -2.11. The zero-order valence-electron chi connectivity index (χ0n) is 58.5. The van der Waals surface area contributed by atoms with E-state index in [9.17, 15) is 0 Å². The molecule has 10 nitrogen and oxygen atoms in total. The van der Waals surface area contributed by atoms with E-state index in [1.165, 1.54) is 56.5 Å². The van der Waals surface area contributed by atoms with E-state index in [0.29, 0.717) is 22.9 Å². The Kier molecular flexibility index (Phi) is 13.1. The zero-order chi connectivity index (χ0) is 71.8. The number of furan rings is 2. The Balaban J connectivity index is 0.596. The van der Waals surface area contributed by atoms with E-state index >= 15 is 0 Å². The molecule has 0 unspecified atom stereocenters. The average Bonchev–Trinajstić information content (AvgIpc) is 1.56. The summed E-state index contributed by atoms with van der Waals surface area (Å²) in [5.74, 6) is 1.11. The molecular weight excluding hydrogens is 1390 g/mol. The fraction of sp³-hybridized carbons (Fsp3) is 0. The smallest absolute Gasteiger partial charge is 0.227 e. The van der Waals surface area contributed by atoms with Crippen molar-refractivity contribution in [3.8, 4) is 45.4 Å². The van der Waals surface area contributed by atoms with Gasteiger partial charge in [0.1, 0.15) is 33.4 Å². The Morgan fingerprint density at radius 3 is 1.41 bits per heavy atom. The van der Waals surface area contributed by atoms with Gasteiger partial charge in [-0.15, -0.1) is 22.7 Å². The van der Waals surface area contributed by atoms with Gasteiger partial charge >= 0.3 is 0 Å². The van der Waals surface area contributed by atoms with Crippen LogP contribution in [0.1, 0.15) is 0 Å². The highest BCUT2D eigenvalue weighted by Crippen LogP contribution is 2.52. The monoisotopic (exact) mass is 1440 g/mol. The lowest BCUT2D eigenvalue weighted by molar-refractivity contribution is 0.617. The summed E-state index contributed by atoms with van der Waals surface area (Å²) < 4.78 is 36.2. The molecule has 24 rings (SSSR count). The first kappa shape index (κ1) is 60.9. The highest BCUT2D eigenvalue weighted by atomic mass is 32.1. The second kappa shape index (κ2) is 23.6. The first-order chi connectivity index (χ1) is 54.5. The van der Waals surface area contributed by atoms with Gasteiger partial charge in [-0.2, -0.15) is 0 Å². The number of fused-ring (bicyclic) bond motifs is 20. The molecule has 16 aromatic carbocycles.